The van der Waals surface area contributed by atoms with Gasteiger partial charge in [-0.15, -0.1) is 0 Å². The minimum Gasteiger partial charge on any atom is -0.448 e. The summed E-state index contributed by atoms with van der Waals surface area (Å²) in [6, 6.07) is 10.6. The number of alkyl carbamates (subject to hydrolysis) is 1. The fraction of sp³-hybridized carbons (Fsp3) is 0.423. The normalized spacial score (nSPS) is 12.9. The Hall–Kier alpha value is -3.80. The van der Waals surface area contributed by atoms with Gasteiger partial charge in [0.15, 0.2) is 0 Å². The van der Waals surface area contributed by atoms with Crippen LogP contribution in [0, 0.1) is 0 Å². The first-order chi connectivity index (χ1) is 18.1. The van der Waals surface area contributed by atoms with Gasteiger partial charge in [-0.25, -0.2) is 4.79 Å². The summed E-state index contributed by atoms with van der Waals surface area (Å²) in [7, 11) is 2.84. The molecule has 1 aliphatic heterocycles. The molecule has 12 heteroatoms. The second-order valence-electron chi connectivity index (χ2n) is 8.65. The number of alkyl halides is 3. The smallest absolute Gasteiger partial charge is 0.416 e. The van der Waals surface area contributed by atoms with Crippen molar-refractivity contribution < 1.29 is 37.0 Å². The van der Waals surface area contributed by atoms with E-state index in [-0.39, 0.29) is 44.3 Å². The van der Waals surface area contributed by atoms with Gasteiger partial charge < -0.3 is 29.9 Å². The summed E-state index contributed by atoms with van der Waals surface area (Å²) in [5.74, 6) is -0.576. The lowest BCUT2D eigenvalue weighted by atomic mass is 9.97. The van der Waals surface area contributed by atoms with E-state index in [1.54, 1.807) is 4.90 Å². The van der Waals surface area contributed by atoms with Crippen LogP contribution in [-0.4, -0.2) is 74.7 Å². The Bertz CT molecular complexity index is 1140. The van der Waals surface area contributed by atoms with E-state index >= 15 is 0 Å². The molecule has 2 N–H and O–H groups in total. The van der Waals surface area contributed by atoms with Gasteiger partial charge in [0, 0.05) is 39.5 Å². The molecule has 2 aromatic rings. The van der Waals surface area contributed by atoms with E-state index in [0.717, 1.165) is 17.2 Å². The van der Waals surface area contributed by atoms with Crippen molar-refractivity contribution in [1.82, 2.24) is 15.1 Å². The number of nitrogens with one attached hydrogen (secondary N) is 2. The van der Waals surface area contributed by atoms with Crippen LogP contribution >= 0.6 is 0 Å². The van der Waals surface area contributed by atoms with Crippen molar-refractivity contribution in [2.45, 2.75) is 25.7 Å². The van der Waals surface area contributed by atoms with Gasteiger partial charge in [-0.2, -0.15) is 13.2 Å². The monoisotopic (exact) mass is 536 g/mol. The highest BCUT2D eigenvalue weighted by molar-refractivity contribution is 5.82. The maximum absolute atomic E-state index is 13.5. The second kappa shape index (κ2) is 13.1. The van der Waals surface area contributed by atoms with Crippen molar-refractivity contribution in [3.63, 3.8) is 0 Å². The van der Waals surface area contributed by atoms with E-state index < -0.39 is 23.7 Å². The van der Waals surface area contributed by atoms with Crippen LogP contribution in [0.1, 0.15) is 22.3 Å². The zero-order valence-electron chi connectivity index (χ0n) is 21.3. The number of rotatable bonds is 10. The second-order valence-corrected chi connectivity index (χ2v) is 8.65. The van der Waals surface area contributed by atoms with Gasteiger partial charge in [0.05, 0.1) is 18.7 Å². The molecule has 3 rings (SSSR count). The molecule has 3 amide bonds. The third kappa shape index (κ3) is 7.60. The number of ether oxygens (including phenoxy) is 2. The van der Waals surface area contributed by atoms with E-state index in [1.165, 1.54) is 37.3 Å². The number of carbonyl (C=O) groups excluding carboxylic acids is 3. The SMILES string of the molecule is CNC(=O)OCCN(Cc1ccccc1C(F)(F)F)C(=O)CNc1cccc2c1CCN(C(=O)COC)C2. The highest BCUT2D eigenvalue weighted by atomic mass is 19.4. The number of hydrogen-bond acceptors (Lipinski definition) is 6. The van der Waals surface area contributed by atoms with E-state index in [1.807, 2.05) is 18.2 Å². The molecule has 1 aliphatic rings. The Balaban J connectivity index is 1.73. The number of hydrogen-bond donors (Lipinski definition) is 2. The average Bonchev–Trinajstić information content (AvgIpc) is 2.90. The van der Waals surface area contributed by atoms with Gasteiger partial charge in [-0.1, -0.05) is 30.3 Å². The van der Waals surface area contributed by atoms with Gasteiger partial charge in [0.2, 0.25) is 11.8 Å². The number of fused-ring (bicyclic) bond motifs is 1. The fourth-order valence-corrected chi connectivity index (χ4v) is 4.24. The summed E-state index contributed by atoms with van der Waals surface area (Å²) in [6.07, 6.45) is -4.71. The highest BCUT2D eigenvalue weighted by Gasteiger charge is 2.33. The van der Waals surface area contributed by atoms with E-state index in [4.69, 9.17) is 9.47 Å². The molecule has 0 aliphatic carbocycles. The summed E-state index contributed by atoms with van der Waals surface area (Å²) in [5.41, 5.74) is 1.73. The largest absolute Gasteiger partial charge is 0.448 e. The Morgan fingerprint density at radius 3 is 2.58 bits per heavy atom. The third-order valence-corrected chi connectivity index (χ3v) is 6.15. The molecule has 38 heavy (non-hydrogen) atoms. The standard InChI is InChI=1S/C26H31F3N4O5/c1-30-25(36)38-13-12-33(16-19-6-3-4-8-21(19)26(27,28)29)23(34)14-31-22-9-5-7-18-15-32(11-10-20(18)22)24(35)17-37-2/h3-9,31H,10-17H2,1-2H3,(H,30,36). The number of anilines is 1. The molecule has 0 fully saturated rings. The van der Waals surface area contributed by atoms with Crippen molar-refractivity contribution in [1.29, 1.82) is 0 Å². The van der Waals surface area contributed by atoms with Crippen LogP contribution < -0.4 is 10.6 Å². The fourth-order valence-electron chi connectivity index (χ4n) is 4.24. The Labute approximate surface area is 218 Å². The van der Waals surface area contributed by atoms with Crippen molar-refractivity contribution >= 4 is 23.6 Å². The van der Waals surface area contributed by atoms with Gasteiger partial charge in [-0.05, 0) is 35.2 Å². The van der Waals surface area contributed by atoms with Crippen LogP contribution in [0.25, 0.3) is 0 Å². The number of amides is 3. The quantitative estimate of drug-likeness (QED) is 0.484. The zero-order valence-corrected chi connectivity index (χ0v) is 21.3. The molecule has 0 aromatic heterocycles. The Kier molecular flexibility index (Phi) is 9.94. The number of methoxy groups -OCH3 is 1. The Morgan fingerprint density at radius 1 is 1.11 bits per heavy atom. The van der Waals surface area contributed by atoms with Crippen LogP contribution in [0.3, 0.4) is 0 Å². The van der Waals surface area contributed by atoms with E-state index in [0.29, 0.717) is 25.2 Å². The minimum absolute atomic E-state index is 0.00128. The molecular weight excluding hydrogens is 505 g/mol. The molecule has 0 spiro atoms. The number of benzene rings is 2. The van der Waals surface area contributed by atoms with Crippen molar-refractivity contribution in [2.75, 3.05) is 52.3 Å². The first kappa shape index (κ1) is 28.8. The molecule has 0 radical (unpaired) electrons. The lowest BCUT2D eigenvalue weighted by Crippen LogP contribution is -2.39. The minimum atomic E-state index is -4.58. The van der Waals surface area contributed by atoms with Gasteiger partial charge in [-0.3, -0.25) is 9.59 Å². The first-order valence-electron chi connectivity index (χ1n) is 12.0. The van der Waals surface area contributed by atoms with Crippen molar-refractivity contribution in [3.05, 3.63) is 64.7 Å². The molecule has 9 nitrogen and oxygen atoms in total. The number of carbonyl (C=O) groups is 3. The Morgan fingerprint density at radius 2 is 1.87 bits per heavy atom. The molecular formula is C26H31F3N4O5. The van der Waals surface area contributed by atoms with E-state index in [9.17, 15) is 27.6 Å². The average molecular weight is 537 g/mol. The summed E-state index contributed by atoms with van der Waals surface area (Å²) in [5, 5.41) is 5.38. The topological polar surface area (TPSA) is 100 Å². The van der Waals surface area contributed by atoms with E-state index in [2.05, 4.69) is 10.6 Å². The van der Waals surface area contributed by atoms with Crippen LogP contribution in [0.2, 0.25) is 0 Å². The van der Waals surface area contributed by atoms with Crippen LogP contribution in [0.4, 0.5) is 23.7 Å². The highest BCUT2D eigenvalue weighted by Crippen LogP contribution is 2.32. The first-order valence-corrected chi connectivity index (χ1v) is 12.0. The lowest BCUT2D eigenvalue weighted by molar-refractivity contribution is -0.139. The van der Waals surface area contributed by atoms with Gasteiger partial charge >= 0.3 is 12.3 Å². The van der Waals surface area contributed by atoms with Crippen LogP contribution in [0.15, 0.2) is 42.5 Å². The van der Waals surface area contributed by atoms with Gasteiger partial charge in [0.25, 0.3) is 0 Å². The van der Waals surface area contributed by atoms with Crippen molar-refractivity contribution in [3.8, 4) is 0 Å². The predicted molar refractivity (Wildman–Crippen MR) is 133 cm³/mol. The molecule has 0 saturated heterocycles. The summed E-state index contributed by atoms with van der Waals surface area (Å²) in [6.45, 7) is 0.138. The third-order valence-electron chi connectivity index (χ3n) is 6.15. The number of nitrogens with zero attached hydrogens (tertiary/aromatic N) is 2. The lowest BCUT2D eigenvalue weighted by Gasteiger charge is -2.30. The molecule has 0 atom stereocenters. The summed E-state index contributed by atoms with van der Waals surface area (Å²) >= 11 is 0. The molecule has 2 aromatic carbocycles. The molecule has 0 bridgehead atoms. The van der Waals surface area contributed by atoms with Crippen molar-refractivity contribution in [2.24, 2.45) is 0 Å². The predicted octanol–water partition coefficient (Wildman–Crippen LogP) is 3.03. The van der Waals surface area contributed by atoms with Crippen LogP contribution in [0.5, 0.6) is 0 Å². The molecule has 206 valence electrons. The molecule has 0 unspecified atom stereocenters. The zero-order chi connectivity index (χ0) is 27.7. The molecule has 1 heterocycles. The van der Waals surface area contributed by atoms with Crippen LogP contribution in [-0.2, 0) is 44.7 Å². The number of halogens is 3. The maximum Gasteiger partial charge on any atom is 0.416 e. The summed E-state index contributed by atoms with van der Waals surface area (Å²) < 4.78 is 50.5. The summed E-state index contributed by atoms with van der Waals surface area (Å²) in [4.78, 5) is 39.7. The molecule has 0 saturated carbocycles. The van der Waals surface area contributed by atoms with Gasteiger partial charge in [0.1, 0.15) is 13.2 Å². The maximum atomic E-state index is 13.5.